The van der Waals surface area contributed by atoms with Crippen molar-refractivity contribution in [2.45, 2.75) is 20.5 Å². The van der Waals surface area contributed by atoms with Crippen LogP contribution in [-0.4, -0.2) is 18.7 Å². The lowest BCUT2D eigenvalue weighted by Crippen LogP contribution is -2.17. The third kappa shape index (κ3) is 6.48. The Kier molecular flexibility index (Phi) is 7.93. The summed E-state index contributed by atoms with van der Waals surface area (Å²) >= 11 is 12.0. The van der Waals surface area contributed by atoms with Crippen LogP contribution in [0.2, 0.25) is 10.0 Å². The van der Waals surface area contributed by atoms with E-state index in [-0.39, 0.29) is 5.91 Å². The zero-order valence-electron chi connectivity index (χ0n) is 17.2. The maximum atomic E-state index is 12.2. The lowest BCUT2D eigenvalue weighted by atomic mass is 10.1. The van der Waals surface area contributed by atoms with Crippen molar-refractivity contribution in [2.75, 3.05) is 6.61 Å². The number of ether oxygens (including phenoxy) is 2. The van der Waals surface area contributed by atoms with Crippen molar-refractivity contribution in [3.05, 3.63) is 93.0 Å². The summed E-state index contributed by atoms with van der Waals surface area (Å²) in [6, 6.07) is 18.0. The van der Waals surface area contributed by atoms with Gasteiger partial charge in [0, 0.05) is 15.6 Å². The van der Waals surface area contributed by atoms with Gasteiger partial charge in [-0.2, -0.15) is 5.10 Å². The molecule has 0 heterocycles. The predicted molar refractivity (Wildman–Crippen MR) is 125 cm³/mol. The van der Waals surface area contributed by atoms with Crippen molar-refractivity contribution in [1.29, 1.82) is 0 Å². The number of nitrogens with zero attached hydrogens (tertiary/aromatic N) is 1. The Bertz CT molecular complexity index is 1080. The number of nitrogens with one attached hydrogen (secondary N) is 1. The first-order valence-electron chi connectivity index (χ1n) is 9.70. The Hall–Kier alpha value is -3.02. The maximum absolute atomic E-state index is 12.2. The van der Waals surface area contributed by atoms with Gasteiger partial charge < -0.3 is 9.47 Å². The quantitative estimate of drug-likeness (QED) is 0.331. The van der Waals surface area contributed by atoms with Crippen molar-refractivity contribution in [2.24, 2.45) is 5.10 Å². The number of halogens is 2. The molecule has 0 saturated carbocycles. The molecule has 1 amide bonds. The Morgan fingerprint density at radius 1 is 1.00 bits per heavy atom. The molecule has 1 N–H and O–H groups in total. The van der Waals surface area contributed by atoms with Crippen LogP contribution >= 0.6 is 23.2 Å². The average Bonchev–Trinajstić information content (AvgIpc) is 2.76. The highest BCUT2D eigenvalue weighted by atomic mass is 35.5. The molecule has 0 spiro atoms. The number of amides is 1. The highest BCUT2D eigenvalue weighted by Crippen LogP contribution is 2.29. The third-order valence-corrected chi connectivity index (χ3v) is 5.05. The summed E-state index contributed by atoms with van der Waals surface area (Å²) < 4.78 is 11.6. The minimum atomic E-state index is -0.342. The Labute approximate surface area is 191 Å². The minimum absolute atomic E-state index is 0.342. The van der Waals surface area contributed by atoms with Gasteiger partial charge in [0.25, 0.3) is 5.91 Å². The zero-order chi connectivity index (χ0) is 22.2. The third-order valence-electron chi connectivity index (χ3n) is 4.39. The number of carbonyl (C=O) groups excluding carboxylic acids is 1. The van der Waals surface area contributed by atoms with E-state index >= 15 is 0 Å². The summed E-state index contributed by atoms with van der Waals surface area (Å²) in [5.41, 5.74) is 5.60. The summed E-state index contributed by atoms with van der Waals surface area (Å²) in [7, 11) is 0. The maximum Gasteiger partial charge on any atom is 0.271 e. The van der Waals surface area contributed by atoms with Crippen molar-refractivity contribution in [1.82, 2.24) is 5.43 Å². The summed E-state index contributed by atoms with van der Waals surface area (Å²) in [6.45, 7) is 4.65. The molecule has 160 valence electrons. The topological polar surface area (TPSA) is 59.9 Å². The highest BCUT2D eigenvalue weighted by molar-refractivity contribution is 6.31. The van der Waals surface area contributed by atoms with Crippen LogP contribution in [0.25, 0.3) is 0 Å². The Morgan fingerprint density at radius 2 is 1.77 bits per heavy atom. The van der Waals surface area contributed by atoms with Crippen LogP contribution in [0.15, 0.2) is 65.8 Å². The monoisotopic (exact) mass is 456 g/mol. The first kappa shape index (κ1) is 22.7. The fourth-order valence-corrected chi connectivity index (χ4v) is 3.00. The van der Waals surface area contributed by atoms with Crippen molar-refractivity contribution in [3.8, 4) is 11.5 Å². The molecular formula is C24H22Cl2N2O3. The van der Waals surface area contributed by atoms with Crippen LogP contribution in [0.1, 0.15) is 34.0 Å². The van der Waals surface area contributed by atoms with Crippen LogP contribution < -0.4 is 14.9 Å². The number of hydrogen-bond donors (Lipinski definition) is 1. The number of benzene rings is 3. The molecular weight excluding hydrogens is 435 g/mol. The molecule has 0 radical (unpaired) electrons. The molecule has 3 aromatic carbocycles. The molecule has 3 aromatic rings. The first-order valence-corrected chi connectivity index (χ1v) is 10.5. The fourth-order valence-electron chi connectivity index (χ4n) is 2.70. The van der Waals surface area contributed by atoms with Gasteiger partial charge in [-0.15, -0.1) is 0 Å². The number of hydrazone groups is 1. The van der Waals surface area contributed by atoms with Crippen LogP contribution in [0, 0.1) is 6.92 Å². The molecule has 31 heavy (non-hydrogen) atoms. The molecule has 7 heteroatoms. The van der Waals surface area contributed by atoms with E-state index in [1.54, 1.807) is 30.5 Å². The molecule has 0 aliphatic heterocycles. The lowest BCUT2D eigenvalue weighted by molar-refractivity contribution is 0.0955. The first-order chi connectivity index (χ1) is 15.0. The molecule has 0 fully saturated rings. The van der Waals surface area contributed by atoms with Gasteiger partial charge in [-0.1, -0.05) is 41.4 Å². The van der Waals surface area contributed by atoms with Crippen molar-refractivity contribution < 1.29 is 14.3 Å². The highest BCUT2D eigenvalue weighted by Gasteiger charge is 2.08. The molecule has 0 aliphatic carbocycles. The van der Waals surface area contributed by atoms with Gasteiger partial charge in [-0.25, -0.2) is 5.43 Å². The zero-order valence-corrected chi connectivity index (χ0v) is 18.7. The molecule has 0 aliphatic rings. The van der Waals surface area contributed by atoms with Crippen molar-refractivity contribution >= 4 is 35.3 Å². The second-order valence-corrected chi connectivity index (χ2v) is 7.56. The SMILES string of the molecule is CCOc1cc(/C=N\NC(=O)c2ccc(C)c(Cl)c2)ccc1OCc1ccc(Cl)cc1. The van der Waals surface area contributed by atoms with Gasteiger partial charge in [0.2, 0.25) is 0 Å². The molecule has 0 bridgehead atoms. The van der Waals surface area contributed by atoms with Crippen LogP contribution in [0.3, 0.4) is 0 Å². The van der Waals surface area contributed by atoms with E-state index in [0.717, 1.165) is 16.7 Å². The summed E-state index contributed by atoms with van der Waals surface area (Å²) in [5, 5.41) is 5.24. The minimum Gasteiger partial charge on any atom is -0.490 e. The lowest BCUT2D eigenvalue weighted by Gasteiger charge is -2.12. The van der Waals surface area contributed by atoms with Crippen molar-refractivity contribution in [3.63, 3.8) is 0 Å². The van der Waals surface area contributed by atoms with E-state index in [0.29, 0.717) is 40.3 Å². The number of carbonyl (C=O) groups is 1. The number of rotatable bonds is 8. The average molecular weight is 457 g/mol. The largest absolute Gasteiger partial charge is 0.490 e. The predicted octanol–water partition coefficient (Wildman–Crippen LogP) is 6.04. The fraction of sp³-hybridized carbons (Fsp3) is 0.167. The molecule has 3 rings (SSSR count). The Morgan fingerprint density at radius 3 is 2.48 bits per heavy atom. The van der Waals surface area contributed by atoms with Gasteiger partial charge >= 0.3 is 0 Å². The van der Waals surface area contributed by atoms with Gasteiger partial charge in [-0.3, -0.25) is 4.79 Å². The van der Waals surface area contributed by atoms with E-state index < -0.39 is 0 Å². The molecule has 0 aromatic heterocycles. The van der Waals surface area contributed by atoms with E-state index in [2.05, 4.69) is 10.5 Å². The van der Waals surface area contributed by atoms with Gasteiger partial charge in [0.05, 0.1) is 12.8 Å². The number of aryl methyl sites for hydroxylation is 1. The summed E-state index contributed by atoms with van der Waals surface area (Å²) in [6.07, 6.45) is 1.54. The second kappa shape index (κ2) is 10.8. The van der Waals surface area contributed by atoms with Gasteiger partial charge in [-0.05, 0) is 73.0 Å². The van der Waals surface area contributed by atoms with Crippen LogP contribution in [0.4, 0.5) is 0 Å². The molecule has 0 unspecified atom stereocenters. The Balaban J connectivity index is 1.65. The smallest absolute Gasteiger partial charge is 0.271 e. The van der Waals surface area contributed by atoms with Crippen LogP contribution in [0.5, 0.6) is 11.5 Å². The molecule has 0 saturated heterocycles. The number of hydrogen-bond acceptors (Lipinski definition) is 4. The molecule has 5 nitrogen and oxygen atoms in total. The van der Waals surface area contributed by atoms with Gasteiger partial charge in [0.1, 0.15) is 6.61 Å². The van der Waals surface area contributed by atoms with E-state index in [1.807, 2.05) is 50.2 Å². The summed E-state index contributed by atoms with van der Waals surface area (Å²) in [4.78, 5) is 12.2. The standard InChI is InChI=1S/C24H22Cl2N2O3/c1-3-30-23-12-18(7-11-22(23)31-15-17-5-9-20(25)10-6-17)14-27-28-24(29)19-8-4-16(2)21(26)13-19/h4-14H,3,15H2,1-2H3,(H,28,29)/b27-14-. The molecule has 0 atom stereocenters. The van der Waals surface area contributed by atoms with E-state index in [9.17, 15) is 4.79 Å². The normalized spacial score (nSPS) is 10.8. The van der Waals surface area contributed by atoms with E-state index in [1.165, 1.54) is 0 Å². The summed E-state index contributed by atoms with van der Waals surface area (Å²) in [5.74, 6) is 0.871. The van der Waals surface area contributed by atoms with E-state index in [4.69, 9.17) is 32.7 Å². The second-order valence-electron chi connectivity index (χ2n) is 6.72. The van der Waals surface area contributed by atoms with Gasteiger partial charge in [0.15, 0.2) is 11.5 Å². The van der Waals surface area contributed by atoms with Crippen LogP contribution in [-0.2, 0) is 6.61 Å².